The van der Waals surface area contributed by atoms with Gasteiger partial charge in [-0.3, -0.25) is 4.90 Å². The van der Waals surface area contributed by atoms with Crippen molar-refractivity contribution in [3.63, 3.8) is 0 Å². The van der Waals surface area contributed by atoms with Crippen molar-refractivity contribution >= 4 is 6.09 Å². The molecule has 2 heterocycles. The Kier molecular flexibility index (Phi) is 4.07. The second-order valence-electron chi connectivity index (χ2n) is 6.65. The van der Waals surface area contributed by atoms with Crippen LogP contribution in [0.4, 0.5) is 4.79 Å². The Balaban J connectivity index is 1.78. The lowest BCUT2D eigenvalue weighted by atomic mass is 10.2. The molecule has 0 unspecified atom stereocenters. The number of likely N-dealkylation sites (tertiary alicyclic amines) is 1. The van der Waals surface area contributed by atoms with Gasteiger partial charge in [0, 0.05) is 12.1 Å². The van der Waals surface area contributed by atoms with Crippen molar-refractivity contribution in [2.24, 2.45) is 0 Å². The van der Waals surface area contributed by atoms with Crippen LogP contribution in [0.2, 0.25) is 0 Å². The number of rotatable bonds is 2. The number of carbonyl (C=O) groups excluding carboxylic acids is 1. The zero-order chi connectivity index (χ0) is 16.4. The van der Waals surface area contributed by atoms with Crippen LogP contribution in [0.5, 0.6) is 0 Å². The monoisotopic (exact) mass is 315 g/mol. The first kappa shape index (κ1) is 15.5. The zero-order valence-corrected chi connectivity index (χ0v) is 13.7. The van der Waals surface area contributed by atoms with Crippen molar-refractivity contribution in [1.82, 2.24) is 15.0 Å². The number of hydrogen-bond acceptors (Lipinski definition) is 5. The van der Waals surface area contributed by atoms with Gasteiger partial charge in [0.05, 0.1) is 0 Å². The van der Waals surface area contributed by atoms with Crippen LogP contribution >= 0.6 is 0 Å². The summed E-state index contributed by atoms with van der Waals surface area (Å²) in [6.07, 6.45) is 1.36. The van der Waals surface area contributed by atoms with Gasteiger partial charge >= 0.3 is 6.09 Å². The first-order valence-corrected chi connectivity index (χ1v) is 7.83. The van der Waals surface area contributed by atoms with E-state index >= 15 is 0 Å². The average molecular weight is 315 g/mol. The second-order valence-corrected chi connectivity index (χ2v) is 6.65. The molecule has 1 aromatic carbocycles. The molecular weight excluding hydrogens is 294 g/mol. The lowest BCUT2D eigenvalue weighted by Crippen LogP contribution is -2.36. The van der Waals surface area contributed by atoms with E-state index in [4.69, 9.17) is 9.26 Å². The van der Waals surface area contributed by atoms with Crippen LogP contribution in [0.3, 0.4) is 0 Å². The number of aromatic nitrogens is 2. The lowest BCUT2D eigenvalue weighted by Gasteiger charge is -2.26. The minimum absolute atomic E-state index is 0.213. The molecule has 6 heteroatoms. The number of nitrogens with zero attached hydrogens (tertiary/aromatic N) is 3. The van der Waals surface area contributed by atoms with E-state index in [0.29, 0.717) is 18.3 Å². The lowest BCUT2D eigenvalue weighted by molar-refractivity contribution is 0.0199. The van der Waals surface area contributed by atoms with Gasteiger partial charge in [0.15, 0.2) is 0 Å². The summed E-state index contributed by atoms with van der Waals surface area (Å²) in [6, 6.07) is 9.42. The molecule has 1 fully saturated rings. The number of ether oxygens (including phenoxy) is 1. The third-order valence-electron chi connectivity index (χ3n) is 3.64. The predicted molar refractivity (Wildman–Crippen MR) is 84.6 cm³/mol. The molecule has 1 aromatic heterocycles. The van der Waals surface area contributed by atoms with Crippen molar-refractivity contribution in [3.05, 3.63) is 36.2 Å². The fourth-order valence-corrected chi connectivity index (χ4v) is 2.64. The normalized spacial score (nSPS) is 18.2. The first-order chi connectivity index (χ1) is 10.9. The van der Waals surface area contributed by atoms with Crippen LogP contribution in [-0.4, -0.2) is 33.3 Å². The molecule has 0 bridgehead atoms. The van der Waals surface area contributed by atoms with Crippen molar-refractivity contribution in [1.29, 1.82) is 0 Å². The Morgan fingerprint density at radius 2 is 2.04 bits per heavy atom. The molecule has 3 rings (SSSR count). The van der Waals surface area contributed by atoms with Crippen LogP contribution < -0.4 is 0 Å². The van der Waals surface area contributed by atoms with E-state index in [0.717, 1.165) is 18.4 Å². The fraction of sp³-hybridized carbons (Fsp3) is 0.471. The van der Waals surface area contributed by atoms with Crippen molar-refractivity contribution in [2.75, 3.05) is 6.54 Å². The van der Waals surface area contributed by atoms with E-state index < -0.39 is 5.60 Å². The highest BCUT2D eigenvalue weighted by Gasteiger charge is 2.36. The summed E-state index contributed by atoms with van der Waals surface area (Å²) in [7, 11) is 0. The number of amides is 1. The molecule has 1 saturated heterocycles. The molecule has 0 spiro atoms. The summed E-state index contributed by atoms with van der Waals surface area (Å²) in [5.41, 5.74) is 0.373. The maximum absolute atomic E-state index is 12.3. The van der Waals surface area contributed by atoms with E-state index in [-0.39, 0.29) is 12.1 Å². The van der Waals surface area contributed by atoms with Gasteiger partial charge in [-0.15, -0.1) is 0 Å². The molecule has 23 heavy (non-hydrogen) atoms. The predicted octanol–water partition coefficient (Wildman–Crippen LogP) is 3.81. The van der Waals surface area contributed by atoms with E-state index in [1.54, 1.807) is 4.90 Å². The third-order valence-corrected chi connectivity index (χ3v) is 3.64. The minimum atomic E-state index is -0.520. The van der Waals surface area contributed by atoms with Crippen LogP contribution in [0.25, 0.3) is 11.4 Å². The summed E-state index contributed by atoms with van der Waals surface area (Å²) in [6.45, 7) is 6.21. The maximum atomic E-state index is 12.3. The van der Waals surface area contributed by atoms with Crippen molar-refractivity contribution in [2.45, 2.75) is 45.3 Å². The summed E-state index contributed by atoms with van der Waals surface area (Å²) >= 11 is 0. The van der Waals surface area contributed by atoms with Crippen LogP contribution in [0.1, 0.15) is 45.5 Å². The summed E-state index contributed by atoms with van der Waals surface area (Å²) in [5, 5.41) is 4.03. The summed E-state index contributed by atoms with van der Waals surface area (Å²) in [5.74, 6) is 1.00. The van der Waals surface area contributed by atoms with E-state index in [9.17, 15) is 4.79 Å². The molecule has 0 radical (unpaired) electrons. The first-order valence-electron chi connectivity index (χ1n) is 7.83. The molecule has 1 aliphatic rings. The number of hydrogen-bond donors (Lipinski definition) is 0. The molecule has 6 nitrogen and oxygen atoms in total. The van der Waals surface area contributed by atoms with Crippen LogP contribution in [0, 0.1) is 0 Å². The van der Waals surface area contributed by atoms with Gasteiger partial charge in [0.1, 0.15) is 11.6 Å². The SMILES string of the molecule is CC(C)(C)OC(=O)N1CCC[C@@H]1c1nc(-c2ccccc2)no1. The summed E-state index contributed by atoms with van der Waals surface area (Å²) in [4.78, 5) is 18.5. The molecular formula is C17H21N3O3. The Morgan fingerprint density at radius 1 is 1.30 bits per heavy atom. The quantitative estimate of drug-likeness (QED) is 0.843. The second kappa shape index (κ2) is 6.02. The van der Waals surface area contributed by atoms with Crippen LogP contribution in [0.15, 0.2) is 34.9 Å². The Labute approximate surface area is 135 Å². The topological polar surface area (TPSA) is 68.5 Å². The Bertz CT molecular complexity index is 676. The maximum Gasteiger partial charge on any atom is 0.410 e. The van der Waals surface area contributed by atoms with Crippen molar-refractivity contribution < 1.29 is 14.1 Å². The van der Waals surface area contributed by atoms with Gasteiger partial charge in [0.2, 0.25) is 11.7 Å². The average Bonchev–Trinajstić information content (AvgIpc) is 3.15. The third kappa shape index (κ3) is 3.52. The molecule has 122 valence electrons. The Hall–Kier alpha value is -2.37. The smallest absolute Gasteiger partial charge is 0.410 e. The molecule has 0 saturated carbocycles. The molecule has 1 aliphatic heterocycles. The zero-order valence-electron chi connectivity index (χ0n) is 13.7. The highest BCUT2D eigenvalue weighted by molar-refractivity contribution is 5.69. The van der Waals surface area contributed by atoms with Gasteiger partial charge in [0.25, 0.3) is 0 Å². The Morgan fingerprint density at radius 3 is 2.74 bits per heavy atom. The van der Waals surface area contributed by atoms with E-state index in [1.165, 1.54) is 0 Å². The number of benzene rings is 1. The van der Waals surface area contributed by atoms with Gasteiger partial charge in [-0.05, 0) is 33.6 Å². The molecule has 0 N–H and O–H groups in total. The van der Waals surface area contributed by atoms with Crippen molar-refractivity contribution in [3.8, 4) is 11.4 Å². The summed E-state index contributed by atoms with van der Waals surface area (Å²) < 4.78 is 10.9. The number of carbonyl (C=O) groups is 1. The fourth-order valence-electron chi connectivity index (χ4n) is 2.64. The van der Waals surface area contributed by atoms with Gasteiger partial charge in [-0.2, -0.15) is 4.98 Å². The molecule has 0 aliphatic carbocycles. The largest absolute Gasteiger partial charge is 0.444 e. The van der Waals surface area contributed by atoms with E-state index in [2.05, 4.69) is 10.1 Å². The van der Waals surface area contributed by atoms with E-state index in [1.807, 2.05) is 51.1 Å². The standard InChI is InChI=1S/C17H21N3O3/c1-17(2,3)22-16(21)20-11-7-10-13(20)15-18-14(19-23-15)12-8-5-4-6-9-12/h4-6,8-9,13H,7,10-11H2,1-3H3/t13-/m1/s1. The minimum Gasteiger partial charge on any atom is -0.444 e. The highest BCUT2D eigenvalue weighted by atomic mass is 16.6. The van der Waals surface area contributed by atoms with Crippen LogP contribution in [-0.2, 0) is 4.74 Å². The highest BCUT2D eigenvalue weighted by Crippen LogP contribution is 2.33. The van der Waals surface area contributed by atoms with Gasteiger partial charge in [-0.1, -0.05) is 35.5 Å². The molecule has 1 amide bonds. The molecule has 1 atom stereocenters. The van der Waals surface area contributed by atoms with Gasteiger partial charge in [-0.25, -0.2) is 4.79 Å². The van der Waals surface area contributed by atoms with Gasteiger partial charge < -0.3 is 9.26 Å². The molecule has 2 aromatic rings.